The minimum atomic E-state index is -0.511. The number of nitrogens with zero attached hydrogens (tertiary/aromatic N) is 6. The van der Waals surface area contributed by atoms with Crippen LogP contribution in [0.1, 0.15) is 62.1 Å². The third-order valence-corrected chi connectivity index (χ3v) is 7.61. The Labute approximate surface area is 319 Å². The summed E-state index contributed by atoms with van der Waals surface area (Å²) in [5, 5.41) is 0. The van der Waals surface area contributed by atoms with E-state index >= 15 is 0 Å². The van der Waals surface area contributed by atoms with Gasteiger partial charge in [0.25, 0.3) is 0 Å². The summed E-state index contributed by atoms with van der Waals surface area (Å²) in [6.07, 6.45) is 9.50. The molecule has 0 fully saturated rings. The summed E-state index contributed by atoms with van der Waals surface area (Å²) >= 11 is 0. The number of halogens is 2. The largest absolute Gasteiger partial charge is 2.00 e. The SMILES string of the molecule is O=C1C(=O)c2cccnc2-c2ncccc21.O=C1C(=O)c2cccnc2-c2ncccc21.O=C1C(=O)c2cccnc2-c2ncccc21.[Br-].[Br-].[Ni+2]. The Kier molecular flexibility index (Phi) is 11.9. The first-order chi connectivity index (χ1) is 23.4. The van der Waals surface area contributed by atoms with Crippen molar-refractivity contribution < 1.29 is 79.2 Å². The van der Waals surface area contributed by atoms with Crippen molar-refractivity contribution in [1.82, 2.24) is 29.9 Å². The first kappa shape index (κ1) is 38.2. The van der Waals surface area contributed by atoms with Crippen molar-refractivity contribution in [2.24, 2.45) is 0 Å². The molecule has 0 saturated heterocycles. The van der Waals surface area contributed by atoms with Crippen molar-refractivity contribution >= 4 is 34.7 Å². The third-order valence-electron chi connectivity index (χ3n) is 7.61. The summed E-state index contributed by atoms with van der Waals surface area (Å²) < 4.78 is 0. The quantitative estimate of drug-likeness (QED) is 0.129. The van der Waals surface area contributed by atoms with Crippen LogP contribution in [0.15, 0.2) is 110 Å². The third kappa shape index (κ3) is 6.78. The molecule has 0 spiro atoms. The van der Waals surface area contributed by atoms with E-state index in [1.165, 1.54) is 0 Å². The Morgan fingerprint density at radius 3 is 0.549 bits per heavy atom. The Morgan fingerprint density at radius 2 is 0.412 bits per heavy atom. The van der Waals surface area contributed by atoms with Gasteiger partial charge >= 0.3 is 16.5 Å². The van der Waals surface area contributed by atoms with Crippen LogP contribution in [0.4, 0.5) is 0 Å². The zero-order valence-electron chi connectivity index (χ0n) is 25.6. The molecule has 6 heterocycles. The van der Waals surface area contributed by atoms with Gasteiger partial charge in [0.15, 0.2) is 0 Å². The maximum atomic E-state index is 11.8. The Bertz CT molecular complexity index is 1980. The molecule has 12 nitrogen and oxygen atoms in total. The second-order valence-corrected chi connectivity index (χ2v) is 10.4. The minimum absolute atomic E-state index is 0. The molecule has 0 aromatic carbocycles. The van der Waals surface area contributed by atoms with Crippen LogP contribution >= 0.6 is 0 Å². The summed E-state index contributed by atoms with van der Waals surface area (Å²) in [4.78, 5) is 95.2. The molecule has 0 bridgehead atoms. The Balaban J connectivity index is 0.000000167. The average Bonchev–Trinajstić information content (AvgIpc) is 3.15. The maximum Gasteiger partial charge on any atom is 2.00 e. The van der Waals surface area contributed by atoms with E-state index in [4.69, 9.17) is 0 Å². The van der Waals surface area contributed by atoms with Gasteiger partial charge in [-0.25, -0.2) is 0 Å². The van der Waals surface area contributed by atoms with E-state index in [0.717, 1.165) is 0 Å². The zero-order chi connectivity index (χ0) is 33.4. The van der Waals surface area contributed by atoms with Gasteiger partial charge in [0.2, 0.25) is 34.7 Å². The fourth-order valence-electron chi connectivity index (χ4n) is 5.40. The van der Waals surface area contributed by atoms with Crippen LogP contribution in [-0.4, -0.2) is 64.6 Å². The fourth-order valence-corrected chi connectivity index (χ4v) is 5.40. The number of rotatable bonds is 0. The predicted octanol–water partition coefficient (Wildman–Crippen LogP) is -1.43. The van der Waals surface area contributed by atoms with Gasteiger partial charge in [-0.05, 0) is 72.8 Å². The van der Waals surface area contributed by atoms with Crippen LogP contribution in [0, 0.1) is 0 Å². The molecule has 6 aromatic rings. The van der Waals surface area contributed by atoms with Crippen molar-refractivity contribution in [3.8, 4) is 34.2 Å². The van der Waals surface area contributed by atoms with Gasteiger partial charge in [-0.1, -0.05) is 0 Å². The summed E-state index contributed by atoms with van der Waals surface area (Å²) in [6.45, 7) is 0. The molecular formula is C36H18Br2N6NiO6. The van der Waals surface area contributed by atoms with E-state index in [1.54, 1.807) is 110 Å². The molecule has 0 saturated carbocycles. The monoisotopic (exact) mass is 846 g/mol. The van der Waals surface area contributed by atoms with Gasteiger partial charge in [-0.3, -0.25) is 58.7 Å². The molecule has 252 valence electrons. The molecule has 0 aliphatic heterocycles. The number of ketones is 6. The fraction of sp³-hybridized carbons (Fsp3) is 0. The number of Topliss-reactive ketones (excluding diaryl/α,β-unsaturated/α-hetero) is 6. The van der Waals surface area contributed by atoms with E-state index in [0.29, 0.717) is 67.5 Å². The molecule has 0 radical (unpaired) electrons. The van der Waals surface area contributed by atoms with Gasteiger partial charge in [-0.2, -0.15) is 0 Å². The molecule has 3 aliphatic rings. The van der Waals surface area contributed by atoms with Gasteiger partial charge in [-0.15, -0.1) is 0 Å². The Morgan fingerprint density at radius 1 is 0.275 bits per heavy atom. The number of carbonyl (C=O) groups is 6. The van der Waals surface area contributed by atoms with E-state index in [2.05, 4.69) is 29.9 Å². The van der Waals surface area contributed by atoms with Crippen LogP contribution in [0.3, 0.4) is 0 Å². The van der Waals surface area contributed by atoms with Gasteiger partial charge < -0.3 is 34.0 Å². The topological polar surface area (TPSA) is 180 Å². The van der Waals surface area contributed by atoms with Crippen LogP contribution in [0.5, 0.6) is 0 Å². The molecule has 9 rings (SSSR count). The van der Waals surface area contributed by atoms with Crippen molar-refractivity contribution in [2.75, 3.05) is 0 Å². The molecule has 15 heteroatoms. The first-order valence-corrected chi connectivity index (χ1v) is 14.3. The second kappa shape index (κ2) is 15.9. The van der Waals surface area contributed by atoms with Gasteiger partial charge in [0, 0.05) is 37.2 Å². The van der Waals surface area contributed by atoms with Crippen molar-refractivity contribution in [2.45, 2.75) is 0 Å². The summed E-state index contributed by atoms with van der Waals surface area (Å²) in [5.41, 5.74) is 4.92. The number of hydrogen-bond donors (Lipinski definition) is 0. The standard InChI is InChI=1S/3C12H6N2O2.2BrH.Ni/c3*15-11-7-3-1-5-13-9(7)10-8(12(11)16)4-2-6-14-10;;;/h3*1-6H;2*1H;/q;;;;;+2/p-2. The molecule has 3 aliphatic carbocycles. The van der Waals surface area contributed by atoms with Gasteiger partial charge in [0.05, 0.1) is 33.4 Å². The number of hydrogen-bond acceptors (Lipinski definition) is 12. The van der Waals surface area contributed by atoms with Crippen LogP contribution < -0.4 is 34.0 Å². The van der Waals surface area contributed by atoms with Crippen molar-refractivity contribution in [3.05, 3.63) is 143 Å². The smallest absolute Gasteiger partial charge is 1.00 e. The van der Waals surface area contributed by atoms with Crippen molar-refractivity contribution in [3.63, 3.8) is 0 Å². The van der Waals surface area contributed by atoms with Crippen molar-refractivity contribution in [1.29, 1.82) is 0 Å². The first-order valence-electron chi connectivity index (χ1n) is 14.3. The second-order valence-electron chi connectivity index (χ2n) is 10.4. The summed E-state index contributed by atoms with van der Waals surface area (Å²) in [5.74, 6) is -3.06. The summed E-state index contributed by atoms with van der Waals surface area (Å²) in [6, 6.07) is 19.4. The van der Waals surface area contributed by atoms with Crippen LogP contribution in [-0.2, 0) is 16.5 Å². The number of aromatic nitrogens is 6. The number of fused-ring (bicyclic) bond motifs is 9. The molecule has 0 atom stereocenters. The molecular weight excluding hydrogens is 831 g/mol. The predicted molar refractivity (Wildman–Crippen MR) is 168 cm³/mol. The minimum Gasteiger partial charge on any atom is -1.00 e. The normalized spacial score (nSPS) is 12.5. The molecule has 0 amide bonds. The molecule has 51 heavy (non-hydrogen) atoms. The number of carbonyl (C=O) groups excluding carboxylic acids is 6. The Hall–Kier alpha value is -5.63. The molecule has 6 aromatic heterocycles. The maximum absolute atomic E-state index is 11.8. The van der Waals surface area contributed by atoms with Gasteiger partial charge in [0.1, 0.15) is 34.2 Å². The van der Waals surface area contributed by atoms with Crippen LogP contribution in [0.25, 0.3) is 34.2 Å². The van der Waals surface area contributed by atoms with E-state index in [1.807, 2.05) is 0 Å². The van der Waals surface area contributed by atoms with E-state index < -0.39 is 34.7 Å². The zero-order valence-corrected chi connectivity index (χ0v) is 29.8. The average molecular weight is 849 g/mol. The van der Waals surface area contributed by atoms with Crippen LogP contribution in [0.2, 0.25) is 0 Å². The molecule has 0 unspecified atom stereocenters. The van der Waals surface area contributed by atoms with E-state index in [9.17, 15) is 28.8 Å². The number of pyridine rings is 6. The summed E-state index contributed by atoms with van der Waals surface area (Å²) in [7, 11) is 0. The molecule has 0 N–H and O–H groups in total. The van der Waals surface area contributed by atoms with E-state index in [-0.39, 0.29) is 50.5 Å².